The number of ether oxygens (including phenoxy) is 1. The first kappa shape index (κ1) is 15.4. The van der Waals surface area contributed by atoms with E-state index >= 15 is 0 Å². The Balaban J connectivity index is 2.02. The molecule has 1 saturated carbocycles. The molecule has 106 valence electrons. The van der Waals surface area contributed by atoms with Crippen LogP contribution in [0.25, 0.3) is 0 Å². The van der Waals surface area contributed by atoms with E-state index in [1.165, 1.54) is 0 Å². The molecule has 18 heavy (non-hydrogen) atoms. The van der Waals surface area contributed by atoms with Gasteiger partial charge < -0.3 is 20.7 Å². The van der Waals surface area contributed by atoms with E-state index in [0.29, 0.717) is 0 Å². The van der Waals surface area contributed by atoms with Crippen LogP contribution >= 0.6 is 0 Å². The standard InChI is InChI=1S/C13H27N3O2/c1-16(8-9-18-2)7-3-6-15-13(17)11-4-5-12(14)10-11/h11-12H,3-10,14H2,1-2H3,(H,15,17). The monoisotopic (exact) mass is 257 g/mol. The molecule has 5 heteroatoms. The summed E-state index contributed by atoms with van der Waals surface area (Å²) in [6.07, 6.45) is 3.75. The first-order chi connectivity index (χ1) is 8.63. The Morgan fingerprint density at radius 2 is 2.22 bits per heavy atom. The summed E-state index contributed by atoms with van der Waals surface area (Å²) in [5.41, 5.74) is 5.81. The Labute approximate surface area is 110 Å². The van der Waals surface area contributed by atoms with Gasteiger partial charge in [-0.2, -0.15) is 0 Å². The third-order valence-corrected chi connectivity index (χ3v) is 3.54. The van der Waals surface area contributed by atoms with Gasteiger partial charge in [-0.3, -0.25) is 4.79 Å². The Hall–Kier alpha value is -0.650. The second-order valence-corrected chi connectivity index (χ2v) is 5.21. The van der Waals surface area contributed by atoms with Gasteiger partial charge in [0.2, 0.25) is 5.91 Å². The van der Waals surface area contributed by atoms with Crippen LogP contribution in [0.3, 0.4) is 0 Å². The molecule has 0 aromatic carbocycles. The number of hydrogen-bond donors (Lipinski definition) is 2. The quantitative estimate of drug-likeness (QED) is 0.610. The highest BCUT2D eigenvalue weighted by Gasteiger charge is 2.27. The number of hydrogen-bond acceptors (Lipinski definition) is 4. The fourth-order valence-corrected chi connectivity index (χ4v) is 2.32. The Bertz CT molecular complexity index is 248. The molecular weight excluding hydrogens is 230 g/mol. The van der Waals surface area contributed by atoms with Gasteiger partial charge >= 0.3 is 0 Å². The van der Waals surface area contributed by atoms with E-state index in [2.05, 4.69) is 17.3 Å². The largest absolute Gasteiger partial charge is 0.383 e. The van der Waals surface area contributed by atoms with Crippen molar-refractivity contribution in [3.63, 3.8) is 0 Å². The molecule has 1 aliphatic carbocycles. The highest BCUT2D eigenvalue weighted by molar-refractivity contribution is 5.78. The van der Waals surface area contributed by atoms with Gasteiger partial charge in [0.15, 0.2) is 0 Å². The molecule has 2 unspecified atom stereocenters. The maximum atomic E-state index is 11.8. The molecule has 0 aromatic rings. The number of amides is 1. The summed E-state index contributed by atoms with van der Waals surface area (Å²) in [5, 5.41) is 3.00. The summed E-state index contributed by atoms with van der Waals surface area (Å²) in [4.78, 5) is 14.0. The van der Waals surface area contributed by atoms with E-state index < -0.39 is 0 Å². The molecule has 0 spiro atoms. The lowest BCUT2D eigenvalue weighted by molar-refractivity contribution is -0.124. The second-order valence-electron chi connectivity index (χ2n) is 5.21. The minimum absolute atomic E-state index is 0.145. The van der Waals surface area contributed by atoms with E-state index in [9.17, 15) is 4.79 Å². The third kappa shape index (κ3) is 5.80. The summed E-state index contributed by atoms with van der Waals surface area (Å²) >= 11 is 0. The van der Waals surface area contributed by atoms with Gasteiger partial charge in [0.1, 0.15) is 0 Å². The number of nitrogens with one attached hydrogen (secondary N) is 1. The molecule has 0 saturated heterocycles. The van der Waals surface area contributed by atoms with Gasteiger partial charge in [0.05, 0.1) is 6.61 Å². The molecule has 0 bridgehead atoms. The minimum Gasteiger partial charge on any atom is -0.383 e. The van der Waals surface area contributed by atoms with Gasteiger partial charge in [-0.25, -0.2) is 0 Å². The molecule has 1 amide bonds. The smallest absolute Gasteiger partial charge is 0.223 e. The Kier molecular flexibility index (Phi) is 7.23. The lowest BCUT2D eigenvalue weighted by atomic mass is 10.1. The van der Waals surface area contributed by atoms with Crippen molar-refractivity contribution < 1.29 is 9.53 Å². The fourth-order valence-electron chi connectivity index (χ4n) is 2.32. The van der Waals surface area contributed by atoms with Crippen LogP contribution in [0.1, 0.15) is 25.7 Å². The summed E-state index contributed by atoms with van der Waals surface area (Å²) in [5.74, 6) is 0.328. The van der Waals surface area contributed by atoms with Crippen LogP contribution in [0, 0.1) is 5.92 Å². The predicted octanol–water partition coefficient (Wildman–Crippen LogP) is 0.198. The minimum atomic E-state index is 0.145. The first-order valence-corrected chi connectivity index (χ1v) is 6.84. The van der Waals surface area contributed by atoms with Crippen LogP contribution in [0.5, 0.6) is 0 Å². The highest BCUT2D eigenvalue weighted by atomic mass is 16.5. The molecule has 0 aromatic heterocycles. The van der Waals surface area contributed by atoms with Crippen molar-refractivity contribution in [2.45, 2.75) is 31.7 Å². The lowest BCUT2D eigenvalue weighted by Gasteiger charge is -2.16. The van der Waals surface area contributed by atoms with Crippen molar-refractivity contribution in [2.75, 3.05) is 40.4 Å². The fraction of sp³-hybridized carbons (Fsp3) is 0.923. The first-order valence-electron chi connectivity index (χ1n) is 6.84. The van der Waals surface area contributed by atoms with Crippen LogP contribution in [0.4, 0.5) is 0 Å². The van der Waals surface area contributed by atoms with E-state index in [1.54, 1.807) is 7.11 Å². The van der Waals surface area contributed by atoms with Crippen molar-refractivity contribution in [3.8, 4) is 0 Å². The number of nitrogens with zero attached hydrogens (tertiary/aromatic N) is 1. The summed E-state index contributed by atoms with van der Waals surface area (Å²) < 4.78 is 5.01. The highest BCUT2D eigenvalue weighted by Crippen LogP contribution is 2.23. The van der Waals surface area contributed by atoms with Crippen molar-refractivity contribution in [2.24, 2.45) is 11.7 Å². The molecule has 3 N–H and O–H groups in total. The van der Waals surface area contributed by atoms with Crippen LogP contribution in [0.2, 0.25) is 0 Å². The van der Waals surface area contributed by atoms with Gasteiger partial charge in [-0.15, -0.1) is 0 Å². The molecular formula is C13H27N3O2. The van der Waals surface area contributed by atoms with Crippen LogP contribution in [-0.2, 0) is 9.53 Å². The number of carbonyl (C=O) groups is 1. The van der Waals surface area contributed by atoms with Gasteiger partial charge in [-0.1, -0.05) is 0 Å². The van der Waals surface area contributed by atoms with Crippen molar-refractivity contribution >= 4 is 5.91 Å². The van der Waals surface area contributed by atoms with E-state index in [0.717, 1.165) is 51.9 Å². The molecule has 1 fully saturated rings. The summed E-state index contributed by atoms with van der Waals surface area (Å²) in [7, 11) is 3.78. The van der Waals surface area contributed by atoms with E-state index in [4.69, 9.17) is 10.5 Å². The van der Waals surface area contributed by atoms with E-state index in [1.807, 2.05) is 0 Å². The van der Waals surface area contributed by atoms with Crippen molar-refractivity contribution in [1.29, 1.82) is 0 Å². The zero-order valence-electron chi connectivity index (χ0n) is 11.7. The molecule has 2 atom stereocenters. The van der Waals surface area contributed by atoms with E-state index in [-0.39, 0.29) is 17.9 Å². The number of likely N-dealkylation sites (N-methyl/N-ethyl adjacent to an activating group) is 1. The number of carbonyl (C=O) groups excluding carboxylic acids is 1. The SMILES string of the molecule is COCCN(C)CCCNC(=O)C1CCC(N)C1. The Morgan fingerprint density at radius 3 is 2.83 bits per heavy atom. The summed E-state index contributed by atoms with van der Waals surface area (Å²) in [6.45, 7) is 3.42. The van der Waals surface area contributed by atoms with Crippen LogP contribution < -0.4 is 11.1 Å². The second kappa shape index (κ2) is 8.45. The van der Waals surface area contributed by atoms with Crippen LogP contribution in [-0.4, -0.2) is 57.2 Å². The molecule has 1 rings (SSSR count). The molecule has 0 radical (unpaired) electrons. The maximum absolute atomic E-state index is 11.8. The maximum Gasteiger partial charge on any atom is 0.223 e. The topological polar surface area (TPSA) is 67.6 Å². The molecule has 0 aliphatic heterocycles. The lowest BCUT2D eigenvalue weighted by Crippen LogP contribution is -2.33. The average molecular weight is 257 g/mol. The molecule has 5 nitrogen and oxygen atoms in total. The molecule has 0 heterocycles. The predicted molar refractivity (Wildman–Crippen MR) is 72.3 cm³/mol. The summed E-state index contributed by atoms with van der Waals surface area (Å²) in [6, 6.07) is 0.223. The van der Waals surface area contributed by atoms with Crippen molar-refractivity contribution in [3.05, 3.63) is 0 Å². The Morgan fingerprint density at radius 1 is 1.44 bits per heavy atom. The van der Waals surface area contributed by atoms with Crippen LogP contribution in [0.15, 0.2) is 0 Å². The number of nitrogens with two attached hydrogens (primary N) is 1. The normalized spacial score (nSPS) is 23.6. The van der Waals surface area contributed by atoms with Crippen molar-refractivity contribution in [1.82, 2.24) is 10.2 Å². The zero-order chi connectivity index (χ0) is 13.4. The van der Waals surface area contributed by atoms with Gasteiger partial charge in [0.25, 0.3) is 0 Å². The number of methoxy groups -OCH3 is 1. The third-order valence-electron chi connectivity index (χ3n) is 3.54. The van der Waals surface area contributed by atoms with Gasteiger partial charge in [-0.05, 0) is 39.3 Å². The average Bonchev–Trinajstić information content (AvgIpc) is 2.78. The zero-order valence-corrected chi connectivity index (χ0v) is 11.7. The van der Waals surface area contributed by atoms with Gasteiger partial charge in [0, 0.05) is 32.2 Å². The molecule has 1 aliphatic rings. The number of rotatable bonds is 8.